The Labute approximate surface area is 152 Å². The molecular formula is C18H15BrN2O4. The zero-order valence-corrected chi connectivity index (χ0v) is 15.0. The quantitative estimate of drug-likeness (QED) is 0.573. The first kappa shape index (κ1) is 17.2. The highest BCUT2D eigenvalue weighted by molar-refractivity contribution is 9.10. The molecular weight excluding hydrogens is 388 g/mol. The molecule has 0 aliphatic heterocycles. The van der Waals surface area contributed by atoms with Crippen molar-refractivity contribution in [2.24, 2.45) is 0 Å². The van der Waals surface area contributed by atoms with Crippen LogP contribution in [-0.2, 0) is 11.3 Å². The van der Waals surface area contributed by atoms with E-state index in [1.807, 2.05) is 24.3 Å². The fraction of sp³-hybridized carbons (Fsp3) is 0.167. The molecule has 3 aromatic rings. The third-order valence-electron chi connectivity index (χ3n) is 3.28. The van der Waals surface area contributed by atoms with Gasteiger partial charge in [-0.3, -0.25) is 0 Å². The summed E-state index contributed by atoms with van der Waals surface area (Å²) in [6.45, 7) is 2.18. The van der Waals surface area contributed by atoms with Gasteiger partial charge in [-0.15, -0.1) is 10.2 Å². The Morgan fingerprint density at radius 3 is 2.80 bits per heavy atom. The molecule has 0 radical (unpaired) electrons. The average molecular weight is 403 g/mol. The highest BCUT2D eigenvalue weighted by Gasteiger charge is 2.12. The molecule has 0 aliphatic carbocycles. The molecule has 6 nitrogen and oxygen atoms in total. The minimum absolute atomic E-state index is 0.101. The summed E-state index contributed by atoms with van der Waals surface area (Å²) in [6, 6.07) is 14.3. The van der Waals surface area contributed by atoms with Crippen molar-refractivity contribution >= 4 is 21.9 Å². The highest BCUT2D eigenvalue weighted by Crippen LogP contribution is 2.27. The van der Waals surface area contributed by atoms with Gasteiger partial charge in [-0.2, -0.15) is 0 Å². The van der Waals surface area contributed by atoms with E-state index < -0.39 is 0 Å². The summed E-state index contributed by atoms with van der Waals surface area (Å²) in [6.07, 6.45) is 0. The van der Waals surface area contributed by atoms with Crippen LogP contribution in [0.25, 0.3) is 11.5 Å². The second-order valence-corrected chi connectivity index (χ2v) is 5.87. The van der Waals surface area contributed by atoms with Crippen LogP contribution in [-0.4, -0.2) is 22.8 Å². The van der Waals surface area contributed by atoms with Crippen LogP contribution in [0, 0.1) is 0 Å². The van der Waals surface area contributed by atoms with Gasteiger partial charge in [0.05, 0.1) is 17.7 Å². The van der Waals surface area contributed by atoms with E-state index in [1.54, 1.807) is 31.2 Å². The summed E-state index contributed by atoms with van der Waals surface area (Å²) < 4.78 is 17.1. The molecule has 0 fully saturated rings. The predicted molar refractivity (Wildman–Crippen MR) is 94.2 cm³/mol. The molecule has 0 atom stereocenters. The molecule has 0 bridgehead atoms. The molecule has 3 rings (SSSR count). The lowest BCUT2D eigenvalue weighted by atomic mass is 10.2. The van der Waals surface area contributed by atoms with E-state index in [4.69, 9.17) is 13.9 Å². The van der Waals surface area contributed by atoms with Crippen molar-refractivity contribution in [3.05, 3.63) is 64.5 Å². The summed E-state index contributed by atoms with van der Waals surface area (Å²) in [5, 5.41) is 8.01. The van der Waals surface area contributed by atoms with E-state index in [0.29, 0.717) is 29.7 Å². The maximum Gasteiger partial charge on any atom is 0.338 e. The topological polar surface area (TPSA) is 74.5 Å². The molecule has 0 saturated heterocycles. The largest absolute Gasteiger partial charge is 0.484 e. The van der Waals surface area contributed by atoms with Gasteiger partial charge in [0.2, 0.25) is 5.89 Å². The second kappa shape index (κ2) is 7.94. The lowest BCUT2D eigenvalue weighted by molar-refractivity contribution is 0.0526. The smallest absolute Gasteiger partial charge is 0.338 e. The standard InChI is InChI=1S/C18H15BrN2O4/c1-2-23-18(22)12-6-5-7-13(10-12)24-11-16-20-21-17(25-16)14-8-3-4-9-15(14)19/h3-10H,2,11H2,1H3. The summed E-state index contributed by atoms with van der Waals surface area (Å²) in [5.41, 5.74) is 1.24. The van der Waals surface area contributed by atoms with E-state index in [-0.39, 0.29) is 12.6 Å². The number of rotatable bonds is 6. The second-order valence-electron chi connectivity index (χ2n) is 5.02. The molecule has 0 saturated carbocycles. The van der Waals surface area contributed by atoms with Gasteiger partial charge in [0.15, 0.2) is 6.61 Å². The molecule has 0 amide bonds. The summed E-state index contributed by atoms with van der Waals surface area (Å²) in [7, 11) is 0. The predicted octanol–water partition coefficient (Wildman–Crippen LogP) is 4.25. The third-order valence-corrected chi connectivity index (χ3v) is 3.97. The lowest BCUT2D eigenvalue weighted by Gasteiger charge is -2.06. The Hall–Kier alpha value is -2.67. The molecule has 0 unspecified atom stereocenters. The number of hydrogen-bond donors (Lipinski definition) is 0. The fourth-order valence-corrected chi connectivity index (χ4v) is 2.58. The highest BCUT2D eigenvalue weighted by atomic mass is 79.9. The van der Waals surface area contributed by atoms with Crippen LogP contribution in [0.5, 0.6) is 5.75 Å². The monoisotopic (exact) mass is 402 g/mol. The fourth-order valence-electron chi connectivity index (χ4n) is 2.13. The van der Waals surface area contributed by atoms with Gasteiger partial charge >= 0.3 is 5.97 Å². The van der Waals surface area contributed by atoms with Gasteiger partial charge in [-0.05, 0) is 53.2 Å². The van der Waals surface area contributed by atoms with E-state index >= 15 is 0 Å². The molecule has 1 heterocycles. The number of nitrogens with zero attached hydrogens (tertiary/aromatic N) is 2. The Morgan fingerprint density at radius 1 is 1.16 bits per heavy atom. The number of aromatic nitrogens is 2. The molecule has 0 N–H and O–H groups in total. The zero-order chi connectivity index (χ0) is 17.6. The van der Waals surface area contributed by atoms with Crippen molar-refractivity contribution in [3.8, 4) is 17.2 Å². The molecule has 128 valence electrons. The van der Waals surface area contributed by atoms with Crippen LogP contribution >= 0.6 is 15.9 Å². The van der Waals surface area contributed by atoms with Crippen molar-refractivity contribution in [3.63, 3.8) is 0 Å². The SMILES string of the molecule is CCOC(=O)c1cccc(OCc2nnc(-c3ccccc3Br)o2)c1. The Bertz CT molecular complexity index is 879. The van der Waals surface area contributed by atoms with E-state index in [2.05, 4.69) is 26.1 Å². The summed E-state index contributed by atoms with van der Waals surface area (Å²) >= 11 is 3.45. The van der Waals surface area contributed by atoms with E-state index in [1.165, 1.54) is 0 Å². The van der Waals surface area contributed by atoms with Crippen molar-refractivity contribution in [1.29, 1.82) is 0 Å². The lowest BCUT2D eigenvalue weighted by Crippen LogP contribution is -2.05. The Morgan fingerprint density at radius 2 is 2.00 bits per heavy atom. The zero-order valence-electron chi connectivity index (χ0n) is 13.4. The number of carbonyl (C=O) groups excluding carboxylic acids is 1. The van der Waals surface area contributed by atoms with Crippen LogP contribution in [0.2, 0.25) is 0 Å². The minimum atomic E-state index is -0.387. The van der Waals surface area contributed by atoms with Gasteiger partial charge in [0.1, 0.15) is 5.75 Å². The molecule has 25 heavy (non-hydrogen) atoms. The maximum absolute atomic E-state index is 11.7. The summed E-state index contributed by atoms with van der Waals surface area (Å²) in [4.78, 5) is 11.7. The van der Waals surface area contributed by atoms with Gasteiger partial charge < -0.3 is 13.9 Å². The minimum Gasteiger partial charge on any atom is -0.484 e. The first-order valence-corrected chi connectivity index (χ1v) is 8.44. The number of ether oxygens (including phenoxy) is 2. The van der Waals surface area contributed by atoms with Crippen molar-refractivity contribution in [1.82, 2.24) is 10.2 Å². The first-order chi connectivity index (χ1) is 12.2. The number of carbonyl (C=O) groups is 1. The Kier molecular flexibility index (Phi) is 5.45. The first-order valence-electron chi connectivity index (χ1n) is 7.64. The van der Waals surface area contributed by atoms with E-state index in [0.717, 1.165) is 10.0 Å². The molecule has 2 aromatic carbocycles. The average Bonchev–Trinajstić information content (AvgIpc) is 3.09. The van der Waals surface area contributed by atoms with Gasteiger partial charge in [0, 0.05) is 4.47 Å². The van der Waals surface area contributed by atoms with Crippen molar-refractivity contribution in [2.75, 3.05) is 6.61 Å². The van der Waals surface area contributed by atoms with Crippen LogP contribution in [0.1, 0.15) is 23.2 Å². The maximum atomic E-state index is 11.7. The normalized spacial score (nSPS) is 10.5. The van der Waals surface area contributed by atoms with E-state index in [9.17, 15) is 4.79 Å². The Balaban J connectivity index is 1.68. The molecule has 0 aliphatic rings. The van der Waals surface area contributed by atoms with Gasteiger partial charge in [-0.25, -0.2) is 4.79 Å². The number of benzene rings is 2. The number of hydrogen-bond acceptors (Lipinski definition) is 6. The number of halogens is 1. The third kappa shape index (κ3) is 4.24. The van der Waals surface area contributed by atoms with Crippen molar-refractivity contribution in [2.45, 2.75) is 13.5 Å². The molecule has 1 aromatic heterocycles. The van der Waals surface area contributed by atoms with Crippen LogP contribution < -0.4 is 4.74 Å². The molecule has 0 spiro atoms. The van der Waals surface area contributed by atoms with Crippen molar-refractivity contribution < 1.29 is 18.7 Å². The van der Waals surface area contributed by atoms with Gasteiger partial charge in [-0.1, -0.05) is 18.2 Å². The summed E-state index contributed by atoms with van der Waals surface area (Å²) in [5.74, 6) is 0.881. The molecule has 7 heteroatoms. The van der Waals surface area contributed by atoms with Gasteiger partial charge in [0.25, 0.3) is 5.89 Å². The van der Waals surface area contributed by atoms with Crippen LogP contribution in [0.4, 0.5) is 0 Å². The number of esters is 1. The van der Waals surface area contributed by atoms with Crippen LogP contribution in [0.3, 0.4) is 0 Å². The van der Waals surface area contributed by atoms with Crippen LogP contribution in [0.15, 0.2) is 57.4 Å².